The quantitative estimate of drug-likeness (QED) is 0.771. The summed E-state index contributed by atoms with van der Waals surface area (Å²) in [6.45, 7) is 11.4. The minimum absolute atomic E-state index is 0.134. The van der Waals surface area contributed by atoms with Crippen LogP contribution in [0.4, 0.5) is 0 Å². The average molecular weight is 367 g/mol. The van der Waals surface area contributed by atoms with E-state index in [9.17, 15) is 9.59 Å². The van der Waals surface area contributed by atoms with Crippen molar-refractivity contribution in [1.29, 1.82) is 0 Å². The Balaban J connectivity index is 2.11. The zero-order chi connectivity index (χ0) is 19.9. The molecule has 1 amide bonds. The van der Waals surface area contributed by atoms with Crippen molar-refractivity contribution in [2.24, 2.45) is 0 Å². The highest BCUT2D eigenvalue weighted by atomic mass is 16.2. The summed E-state index contributed by atoms with van der Waals surface area (Å²) in [4.78, 5) is 25.3. The first-order valence-electron chi connectivity index (χ1n) is 8.91. The lowest BCUT2D eigenvalue weighted by atomic mass is 10.1. The molecule has 142 valence electrons. The van der Waals surface area contributed by atoms with Crippen LogP contribution in [0.3, 0.4) is 0 Å². The van der Waals surface area contributed by atoms with E-state index in [1.54, 1.807) is 10.9 Å². The molecule has 7 nitrogen and oxygen atoms in total. The lowest BCUT2D eigenvalue weighted by molar-refractivity contribution is -0.123. The van der Waals surface area contributed by atoms with Crippen molar-refractivity contribution in [1.82, 2.24) is 24.9 Å². The molecular weight excluding hydrogens is 342 g/mol. The molecule has 0 bridgehead atoms. The maximum absolute atomic E-state index is 13.0. The van der Waals surface area contributed by atoms with Crippen LogP contribution in [0.2, 0.25) is 0 Å². The van der Waals surface area contributed by atoms with Crippen LogP contribution in [0, 0.1) is 20.8 Å². The molecule has 0 fully saturated rings. The number of carbonyl (C=O) groups excluding carboxylic acids is 1. The van der Waals surface area contributed by atoms with Gasteiger partial charge in [-0.15, -0.1) is 0 Å². The summed E-state index contributed by atoms with van der Waals surface area (Å²) in [5.41, 5.74) is 3.46. The molecule has 2 aromatic heterocycles. The fourth-order valence-electron chi connectivity index (χ4n) is 2.98. The molecule has 0 saturated heterocycles. The fraction of sp³-hybridized carbons (Fsp3) is 0.400. The van der Waals surface area contributed by atoms with Gasteiger partial charge in [-0.1, -0.05) is 6.07 Å². The summed E-state index contributed by atoms with van der Waals surface area (Å²) in [6.07, 6.45) is 1.65. The predicted octanol–water partition coefficient (Wildman–Crippen LogP) is 2.42. The van der Waals surface area contributed by atoms with E-state index < -0.39 is 0 Å². The van der Waals surface area contributed by atoms with Crippen molar-refractivity contribution in [2.75, 3.05) is 0 Å². The number of benzene rings is 1. The molecule has 27 heavy (non-hydrogen) atoms. The van der Waals surface area contributed by atoms with Crippen LogP contribution in [-0.4, -0.2) is 31.0 Å². The number of aromatic nitrogens is 4. The van der Waals surface area contributed by atoms with Crippen LogP contribution in [-0.2, 0) is 11.3 Å². The van der Waals surface area contributed by atoms with Crippen molar-refractivity contribution >= 4 is 16.8 Å². The van der Waals surface area contributed by atoms with Crippen LogP contribution in [0.5, 0.6) is 0 Å². The second-order valence-corrected chi connectivity index (χ2v) is 7.93. The number of hydrogen-bond acceptors (Lipinski definition) is 4. The number of fused-ring (bicyclic) bond motifs is 1. The Morgan fingerprint density at radius 2 is 1.85 bits per heavy atom. The smallest absolute Gasteiger partial charge is 0.293 e. The van der Waals surface area contributed by atoms with Gasteiger partial charge in [0.25, 0.3) is 5.56 Å². The summed E-state index contributed by atoms with van der Waals surface area (Å²) < 4.78 is 2.83. The molecule has 2 heterocycles. The number of nitrogens with one attached hydrogen (secondary N) is 1. The molecule has 3 aromatic rings. The highest BCUT2D eigenvalue weighted by molar-refractivity contribution is 5.82. The first-order chi connectivity index (χ1) is 12.6. The molecule has 0 atom stereocenters. The Morgan fingerprint density at radius 3 is 2.48 bits per heavy atom. The summed E-state index contributed by atoms with van der Waals surface area (Å²) >= 11 is 0. The van der Waals surface area contributed by atoms with Crippen LogP contribution in [0.25, 0.3) is 16.6 Å². The Morgan fingerprint density at radius 1 is 1.15 bits per heavy atom. The lowest BCUT2D eigenvalue weighted by Crippen LogP contribution is -2.44. The van der Waals surface area contributed by atoms with Crippen LogP contribution >= 0.6 is 0 Å². The van der Waals surface area contributed by atoms with Gasteiger partial charge in [0.15, 0.2) is 0 Å². The van der Waals surface area contributed by atoms with Gasteiger partial charge in [-0.3, -0.25) is 9.59 Å². The Labute approximate surface area is 158 Å². The second-order valence-electron chi connectivity index (χ2n) is 7.93. The number of rotatable bonds is 3. The van der Waals surface area contributed by atoms with Crippen molar-refractivity contribution in [2.45, 2.75) is 53.6 Å². The average Bonchev–Trinajstić information content (AvgIpc) is 2.99. The summed E-state index contributed by atoms with van der Waals surface area (Å²) in [7, 11) is 0. The van der Waals surface area contributed by atoms with E-state index in [1.165, 1.54) is 10.2 Å². The number of aryl methyl sites for hydroxylation is 3. The van der Waals surface area contributed by atoms with Crippen molar-refractivity contribution in [3.05, 3.63) is 51.6 Å². The normalized spacial score (nSPS) is 11.8. The highest BCUT2D eigenvalue weighted by Crippen LogP contribution is 2.19. The number of hydrogen-bond donors (Lipinski definition) is 1. The predicted molar refractivity (Wildman–Crippen MR) is 105 cm³/mol. The summed E-state index contributed by atoms with van der Waals surface area (Å²) in [6, 6.07) is 5.93. The molecular formula is C20H25N5O2. The van der Waals surface area contributed by atoms with Gasteiger partial charge in [0.05, 0.1) is 17.6 Å². The highest BCUT2D eigenvalue weighted by Gasteiger charge is 2.19. The Bertz CT molecular complexity index is 1090. The first kappa shape index (κ1) is 18.8. The van der Waals surface area contributed by atoms with Gasteiger partial charge in [-0.05, 0) is 64.8 Å². The summed E-state index contributed by atoms with van der Waals surface area (Å²) in [5.74, 6) is -0.256. The molecule has 7 heteroatoms. The van der Waals surface area contributed by atoms with E-state index in [4.69, 9.17) is 0 Å². The van der Waals surface area contributed by atoms with Gasteiger partial charge in [0.1, 0.15) is 12.1 Å². The minimum Gasteiger partial charge on any atom is -0.350 e. The molecule has 0 radical (unpaired) electrons. The number of amides is 1. The van der Waals surface area contributed by atoms with E-state index in [1.807, 2.05) is 59.7 Å². The van der Waals surface area contributed by atoms with Gasteiger partial charge >= 0.3 is 0 Å². The maximum atomic E-state index is 13.0. The van der Waals surface area contributed by atoms with E-state index in [2.05, 4.69) is 15.5 Å². The van der Waals surface area contributed by atoms with Crippen molar-refractivity contribution in [3.63, 3.8) is 0 Å². The SMILES string of the molecule is Cc1ccc(-n2ncc3c(C)nn(CC(=O)NC(C)(C)C)c(=O)c32)cc1C. The molecule has 0 unspecified atom stereocenters. The number of nitrogens with zero attached hydrogens (tertiary/aromatic N) is 4. The monoisotopic (exact) mass is 367 g/mol. The third-order valence-corrected chi connectivity index (χ3v) is 4.41. The van der Waals surface area contributed by atoms with Crippen LogP contribution < -0.4 is 10.9 Å². The van der Waals surface area contributed by atoms with Gasteiger partial charge in [-0.2, -0.15) is 10.2 Å². The number of carbonyl (C=O) groups is 1. The van der Waals surface area contributed by atoms with Gasteiger partial charge < -0.3 is 5.32 Å². The van der Waals surface area contributed by atoms with E-state index >= 15 is 0 Å². The third-order valence-electron chi connectivity index (χ3n) is 4.41. The lowest BCUT2D eigenvalue weighted by Gasteiger charge is -2.20. The Kier molecular flexibility index (Phi) is 4.63. The largest absolute Gasteiger partial charge is 0.350 e. The van der Waals surface area contributed by atoms with Crippen molar-refractivity contribution < 1.29 is 4.79 Å². The molecule has 0 aliphatic carbocycles. The van der Waals surface area contributed by atoms with E-state index in [0.717, 1.165) is 11.3 Å². The zero-order valence-corrected chi connectivity index (χ0v) is 16.6. The second kappa shape index (κ2) is 6.64. The molecule has 3 rings (SSSR count). The fourth-order valence-corrected chi connectivity index (χ4v) is 2.98. The van der Waals surface area contributed by atoms with Gasteiger partial charge in [0, 0.05) is 10.9 Å². The van der Waals surface area contributed by atoms with Crippen LogP contribution in [0.1, 0.15) is 37.6 Å². The minimum atomic E-state index is -0.374. The molecule has 0 spiro atoms. The van der Waals surface area contributed by atoms with Gasteiger partial charge in [-0.25, -0.2) is 9.36 Å². The molecule has 0 aliphatic rings. The molecule has 0 aliphatic heterocycles. The first-order valence-corrected chi connectivity index (χ1v) is 8.91. The van der Waals surface area contributed by atoms with E-state index in [0.29, 0.717) is 16.6 Å². The standard InChI is InChI=1S/C20H25N5O2/c1-12-7-8-15(9-13(12)2)25-18-16(10-21-25)14(3)23-24(19(18)27)11-17(26)22-20(4,5)6/h7-10H,11H2,1-6H3,(H,22,26). The van der Waals surface area contributed by atoms with E-state index in [-0.39, 0.29) is 23.6 Å². The third kappa shape index (κ3) is 3.77. The zero-order valence-electron chi connectivity index (χ0n) is 16.6. The van der Waals surface area contributed by atoms with Crippen molar-refractivity contribution in [3.8, 4) is 5.69 Å². The Hall–Kier alpha value is -2.96. The maximum Gasteiger partial charge on any atom is 0.293 e. The van der Waals surface area contributed by atoms with Gasteiger partial charge in [0.2, 0.25) is 5.91 Å². The molecule has 1 aromatic carbocycles. The molecule has 1 N–H and O–H groups in total. The topological polar surface area (TPSA) is 81.8 Å². The molecule has 0 saturated carbocycles. The summed E-state index contributed by atoms with van der Waals surface area (Å²) in [5, 5.41) is 12.2. The van der Waals surface area contributed by atoms with Crippen LogP contribution in [0.15, 0.2) is 29.2 Å².